The molecule has 1 heterocycles. The molecular weight excluding hydrogens is 218 g/mol. The first kappa shape index (κ1) is 13.6. The lowest BCUT2D eigenvalue weighted by Gasteiger charge is -2.24. The average Bonchev–Trinajstić information content (AvgIpc) is 2.75. The van der Waals surface area contributed by atoms with E-state index < -0.39 is 0 Å². The first-order chi connectivity index (χ1) is 7.66. The fourth-order valence-electron chi connectivity index (χ4n) is 1.78. The maximum Gasteiger partial charge on any atom is 0.156 e. The van der Waals surface area contributed by atoms with Crippen molar-refractivity contribution in [1.29, 1.82) is 0 Å². The van der Waals surface area contributed by atoms with Gasteiger partial charge in [0, 0.05) is 5.41 Å². The molecule has 16 heavy (non-hydrogen) atoms. The largest absolute Gasteiger partial charge is 0.243 e. The number of nitrogens with zero attached hydrogens (tertiary/aromatic N) is 3. The Labute approximate surface area is 103 Å². The predicted molar refractivity (Wildman–Crippen MR) is 70.7 cm³/mol. The van der Waals surface area contributed by atoms with Crippen molar-refractivity contribution >= 4 is 11.8 Å². The van der Waals surface area contributed by atoms with E-state index >= 15 is 0 Å². The fraction of sp³-hybridized carbons (Fsp3) is 0.833. The fourth-order valence-corrected chi connectivity index (χ4v) is 2.17. The standard InChI is InChI=1S/C12H23N3S/c1-5-7-8-12(3,6-2)11-13-9-15(14-11)10-16-4/h9H,5-8,10H2,1-4H3. The van der Waals surface area contributed by atoms with Crippen LogP contribution < -0.4 is 0 Å². The van der Waals surface area contributed by atoms with Gasteiger partial charge in [0.05, 0.1) is 5.88 Å². The van der Waals surface area contributed by atoms with E-state index in [0.717, 1.165) is 18.1 Å². The lowest BCUT2D eigenvalue weighted by atomic mass is 9.81. The van der Waals surface area contributed by atoms with Crippen molar-refractivity contribution in [3.8, 4) is 0 Å². The second-order valence-corrected chi connectivity index (χ2v) is 5.38. The average molecular weight is 241 g/mol. The Bertz CT molecular complexity index is 311. The van der Waals surface area contributed by atoms with Gasteiger partial charge in [0.1, 0.15) is 6.33 Å². The molecule has 0 saturated carbocycles. The molecule has 0 aliphatic rings. The van der Waals surface area contributed by atoms with Gasteiger partial charge in [0.2, 0.25) is 0 Å². The maximum atomic E-state index is 4.58. The van der Waals surface area contributed by atoms with Crippen LogP contribution in [0.3, 0.4) is 0 Å². The van der Waals surface area contributed by atoms with Crippen molar-refractivity contribution in [2.24, 2.45) is 0 Å². The van der Waals surface area contributed by atoms with Crippen LogP contribution in [0.5, 0.6) is 0 Å². The summed E-state index contributed by atoms with van der Waals surface area (Å²) in [6.07, 6.45) is 8.71. The lowest BCUT2D eigenvalue weighted by Crippen LogP contribution is -2.23. The zero-order valence-corrected chi connectivity index (χ0v) is 11.7. The Morgan fingerprint density at radius 1 is 1.44 bits per heavy atom. The minimum Gasteiger partial charge on any atom is -0.243 e. The van der Waals surface area contributed by atoms with E-state index in [9.17, 15) is 0 Å². The first-order valence-corrected chi connectivity index (χ1v) is 7.44. The molecule has 0 aromatic carbocycles. The number of rotatable bonds is 7. The third-order valence-corrected chi connectivity index (χ3v) is 3.72. The zero-order chi connectivity index (χ0) is 12.0. The summed E-state index contributed by atoms with van der Waals surface area (Å²) in [4.78, 5) is 4.47. The Balaban J connectivity index is 2.76. The van der Waals surface area contributed by atoms with E-state index in [1.165, 1.54) is 19.3 Å². The van der Waals surface area contributed by atoms with Crippen LogP contribution in [-0.4, -0.2) is 21.0 Å². The molecule has 92 valence electrons. The molecule has 1 rings (SSSR count). The molecular formula is C12H23N3S. The summed E-state index contributed by atoms with van der Waals surface area (Å²) in [5.74, 6) is 1.90. The molecule has 1 unspecified atom stereocenters. The van der Waals surface area contributed by atoms with Crippen LogP contribution in [0.2, 0.25) is 0 Å². The van der Waals surface area contributed by atoms with Gasteiger partial charge >= 0.3 is 0 Å². The van der Waals surface area contributed by atoms with E-state index in [1.807, 2.05) is 11.0 Å². The Kier molecular flexibility index (Phi) is 5.32. The highest BCUT2D eigenvalue weighted by molar-refractivity contribution is 7.97. The van der Waals surface area contributed by atoms with Crippen LogP contribution >= 0.6 is 11.8 Å². The third kappa shape index (κ3) is 3.24. The predicted octanol–water partition coefficient (Wildman–Crippen LogP) is 3.46. The topological polar surface area (TPSA) is 30.7 Å². The smallest absolute Gasteiger partial charge is 0.156 e. The summed E-state index contributed by atoms with van der Waals surface area (Å²) in [5, 5.41) is 4.58. The molecule has 0 amide bonds. The molecule has 1 aromatic heterocycles. The summed E-state index contributed by atoms with van der Waals surface area (Å²) >= 11 is 1.76. The van der Waals surface area contributed by atoms with Crippen molar-refractivity contribution in [3.05, 3.63) is 12.2 Å². The van der Waals surface area contributed by atoms with Gasteiger partial charge in [-0.1, -0.05) is 33.6 Å². The third-order valence-electron chi connectivity index (χ3n) is 3.20. The van der Waals surface area contributed by atoms with Gasteiger partial charge in [-0.2, -0.15) is 5.10 Å². The normalized spacial score (nSPS) is 15.0. The van der Waals surface area contributed by atoms with Crippen molar-refractivity contribution in [1.82, 2.24) is 14.8 Å². The van der Waals surface area contributed by atoms with Crippen LogP contribution in [-0.2, 0) is 11.3 Å². The van der Waals surface area contributed by atoms with Gasteiger partial charge in [-0.05, 0) is 19.1 Å². The van der Waals surface area contributed by atoms with Crippen molar-refractivity contribution in [2.75, 3.05) is 6.26 Å². The molecule has 0 saturated heterocycles. The van der Waals surface area contributed by atoms with Gasteiger partial charge in [-0.3, -0.25) is 0 Å². The summed E-state index contributed by atoms with van der Waals surface area (Å²) in [6.45, 7) is 6.74. The number of unbranched alkanes of at least 4 members (excludes halogenated alkanes) is 1. The highest BCUT2D eigenvalue weighted by Crippen LogP contribution is 2.30. The highest BCUT2D eigenvalue weighted by atomic mass is 32.2. The Morgan fingerprint density at radius 2 is 2.19 bits per heavy atom. The van der Waals surface area contributed by atoms with Gasteiger partial charge < -0.3 is 0 Å². The molecule has 0 N–H and O–H groups in total. The van der Waals surface area contributed by atoms with Crippen molar-refractivity contribution in [2.45, 2.75) is 57.7 Å². The Morgan fingerprint density at radius 3 is 2.75 bits per heavy atom. The van der Waals surface area contributed by atoms with Gasteiger partial charge in [-0.15, -0.1) is 11.8 Å². The molecule has 0 spiro atoms. The first-order valence-electron chi connectivity index (χ1n) is 6.05. The van der Waals surface area contributed by atoms with E-state index in [2.05, 4.69) is 37.1 Å². The molecule has 1 atom stereocenters. The van der Waals surface area contributed by atoms with Crippen LogP contribution in [0.25, 0.3) is 0 Å². The van der Waals surface area contributed by atoms with E-state index in [-0.39, 0.29) is 5.41 Å². The number of thioether (sulfide) groups is 1. The summed E-state index contributed by atoms with van der Waals surface area (Å²) in [5.41, 5.74) is 0.152. The number of hydrogen-bond acceptors (Lipinski definition) is 3. The second kappa shape index (κ2) is 6.28. The molecule has 1 aromatic rings. The van der Waals surface area contributed by atoms with Crippen molar-refractivity contribution in [3.63, 3.8) is 0 Å². The molecule has 3 nitrogen and oxygen atoms in total. The Hall–Kier alpha value is -0.510. The van der Waals surface area contributed by atoms with E-state index in [1.54, 1.807) is 11.8 Å². The molecule has 0 bridgehead atoms. The van der Waals surface area contributed by atoms with E-state index in [0.29, 0.717) is 0 Å². The van der Waals surface area contributed by atoms with E-state index in [4.69, 9.17) is 0 Å². The quantitative estimate of drug-likeness (QED) is 0.732. The summed E-state index contributed by atoms with van der Waals surface area (Å²) in [6, 6.07) is 0. The van der Waals surface area contributed by atoms with Gasteiger partial charge in [0.15, 0.2) is 5.82 Å². The van der Waals surface area contributed by atoms with Crippen LogP contribution in [0.15, 0.2) is 6.33 Å². The molecule has 4 heteroatoms. The van der Waals surface area contributed by atoms with Crippen molar-refractivity contribution < 1.29 is 0 Å². The zero-order valence-electron chi connectivity index (χ0n) is 10.9. The molecule has 0 fully saturated rings. The summed E-state index contributed by atoms with van der Waals surface area (Å²) < 4.78 is 1.93. The number of hydrogen-bond donors (Lipinski definition) is 0. The van der Waals surface area contributed by atoms with Gasteiger partial charge in [0.25, 0.3) is 0 Å². The molecule has 0 aliphatic heterocycles. The molecule has 0 aliphatic carbocycles. The lowest BCUT2D eigenvalue weighted by molar-refractivity contribution is 0.379. The minimum atomic E-state index is 0.152. The number of aromatic nitrogens is 3. The maximum absolute atomic E-state index is 4.58. The summed E-state index contributed by atoms with van der Waals surface area (Å²) in [7, 11) is 0. The van der Waals surface area contributed by atoms with Gasteiger partial charge in [-0.25, -0.2) is 9.67 Å². The van der Waals surface area contributed by atoms with Crippen LogP contribution in [0.4, 0.5) is 0 Å². The van der Waals surface area contributed by atoms with Crippen LogP contribution in [0.1, 0.15) is 52.3 Å². The second-order valence-electron chi connectivity index (χ2n) is 4.54. The minimum absolute atomic E-state index is 0.152. The SMILES string of the molecule is CCCCC(C)(CC)c1ncn(CSC)n1. The molecule has 0 radical (unpaired) electrons. The highest BCUT2D eigenvalue weighted by Gasteiger charge is 2.28. The monoisotopic (exact) mass is 241 g/mol. The van der Waals surface area contributed by atoms with Crippen LogP contribution in [0, 0.1) is 0 Å².